The maximum absolute atomic E-state index is 12.0. The molecule has 0 saturated carbocycles. The number of ether oxygens (including phenoxy) is 1. The lowest BCUT2D eigenvalue weighted by Crippen LogP contribution is -2.03. The summed E-state index contributed by atoms with van der Waals surface area (Å²) >= 11 is 3.18. The molecule has 2 aromatic heterocycles. The average molecular weight is 263 g/mol. The number of halogens is 3. The van der Waals surface area contributed by atoms with Crippen molar-refractivity contribution in [3.63, 3.8) is 0 Å². The van der Waals surface area contributed by atoms with Gasteiger partial charge in [0, 0.05) is 23.1 Å². The minimum Gasteiger partial charge on any atom is -0.431 e. The number of aromatic nitrogens is 2. The molecule has 0 amide bonds. The summed E-state index contributed by atoms with van der Waals surface area (Å²) in [5.41, 5.74) is 0.369. The number of nitrogens with zero attached hydrogens (tertiary/aromatic N) is 2. The second-order valence-corrected chi connectivity index (χ2v) is 3.47. The largest absolute Gasteiger partial charge is 0.431 e. The van der Waals surface area contributed by atoms with Gasteiger partial charge in [-0.1, -0.05) is 0 Å². The SMILES string of the molecule is FC(F)Oc1cc(Br)cn2ccnc12. The van der Waals surface area contributed by atoms with Crippen molar-refractivity contribution in [3.05, 3.63) is 29.1 Å². The first-order valence-electron chi connectivity index (χ1n) is 3.74. The summed E-state index contributed by atoms with van der Waals surface area (Å²) in [6, 6.07) is 1.45. The summed E-state index contributed by atoms with van der Waals surface area (Å²) in [6.07, 6.45) is 4.87. The van der Waals surface area contributed by atoms with Crippen molar-refractivity contribution in [2.45, 2.75) is 6.61 Å². The van der Waals surface area contributed by atoms with Crippen LogP contribution in [-0.4, -0.2) is 16.0 Å². The first kappa shape index (κ1) is 9.39. The van der Waals surface area contributed by atoms with Crippen LogP contribution in [0, 0.1) is 0 Å². The molecular formula is C8H5BrF2N2O. The molecule has 0 aliphatic rings. The van der Waals surface area contributed by atoms with Crippen LogP contribution in [0.25, 0.3) is 5.65 Å². The lowest BCUT2D eigenvalue weighted by atomic mass is 10.4. The molecule has 0 atom stereocenters. The van der Waals surface area contributed by atoms with E-state index in [0.717, 1.165) is 0 Å². The zero-order valence-electron chi connectivity index (χ0n) is 6.82. The summed E-state index contributed by atoms with van der Waals surface area (Å²) in [4.78, 5) is 3.90. The van der Waals surface area contributed by atoms with Crippen molar-refractivity contribution < 1.29 is 13.5 Å². The van der Waals surface area contributed by atoms with Crippen LogP contribution in [-0.2, 0) is 0 Å². The highest BCUT2D eigenvalue weighted by molar-refractivity contribution is 9.10. The number of hydrogen-bond acceptors (Lipinski definition) is 2. The van der Waals surface area contributed by atoms with E-state index in [1.807, 2.05) is 0 Å². The van der Waals surface area contributed by atoms with Crippen molar-refractivity contribution in [2.24, 2.45) is 0 Å². The van der Waals surface area contributed by atoms with Gasteiger partial charge in [-0.15, -0.1) is 0 Å². The molecule has 0 aliphatic heterocycles. The Morgan fingerprint density at radius 2 is 2.29 bits per heavy atom. The van der Waals surface area contributed by atoms with Gasteiger partial charge in [0.25, 0.3) is 0 Å². The third kappa shape index (κ3) is 1.70. The average Bonchev–Trinajstić information content (AvgIpc) is 2.50. The standard InChI is InChI=1S/C8H5BrF2N2O/c9-5-3-6(14-8(10)11)7-12-1-2-13(7)4-5/h1-4,8H. The molecule has 0 radical (unpaired) electrons. The Hall–Kier alpha value is -1.17. The molecule has 6 heteroatoms. The van der Waals surface area contributed by atoms with Crippen LogP contribution >= 0.6 is 15.9 Å². The van der Waals surface area contributed by atoms with Crippen LogP contribution in [0.5, 0.6) is 5.75 Å². The minimum absolute atomic E-state index is 0.0550. The molecule has 0 unspecified atom stereocenters. The zero-order chi connectivity index (χ0) is 10.1. The first-order chi connectivity index (χ1) is 6.66. The van der Waals surface area contributed by atoms with Crippen LogP contribution in [0.3, 0.4) is 0 Å². The van der Waals surface area contributed by atoms with Gasteiger partial charge in [-0.3, -0.25) is 0 Å². The third-order valence-electron chi connectivity index (χ3n) is 1.64. The molecule has 2 aromatic rings. The molecule has 2 rings (SSSR count). The van der Waals surface area contributed by atoms with Crippen LogP contribution < -0.4 is 4.74 Å². The molecule has 0 aliphatic carbocycles. The second-order valence-electron chi connectivity index (χ2n) is 2.56. The van der Waals surface area contributed by atoms with Gasteiger partial charge in [-0.25, -0.2) is 4.98 Å². The van der Waals surface area contributed by atoms with Gasteiger partial charge in [-0.05, 0) is 22.0 Å². The zero-order valence-corrected chi connectivity index (χ0v) is 8.41. The topological polar surface area (TPSA) is 26.5 Å². The molecule has 0 spiro atoms. The van der Waals surface area contributed by atoms with E-state index in [9.17, 15) is 8.78 Å². The van der Waals surface area contributed by atoms with Crippen molar-refractivity contribution in [3.8, 4) is 5.75 Å². The fraction of sp³-hybridized carbons (Fsp3) is 0.125. The number of rotatable bonds is 2. The molecule has 74 valence electrons. The fourth-order valence-electron chi connectivity index (χ4n) is 1.15. The molecule has 0 aromatic carbocycles. The smallest absolute Gasteiger partial charge is 0.387 e. The molecule has 2 heterocycles. The Bertz CT molecular complexity index is 458. The highest BCUT2D eigenvalue weighted by Gasteiger charge is 2.10. The van der Waals surface area contributed by atoms with Gasteiger partial charge in [0.1, 0.15) is 0 Å². The van der Waals surface area contributed by atoms with E-state index >= 15 is 0 Å². The number of alkyl halides is 2. The Balaban J connectivity index is 2.55. The number of hydrogen-bond donors (Lipinski definition) is 0. The predicted octanol–water partition coefficient (Wildman–Crippen LogP) is 2.70. The molecule has 3 nitrogen and oxygen atoms in total. The quantitative estimate of drug-likeness (QED) is 0.832. The number of imidazole rings is 1. The molecule has 0 bridgehead atoms. The van der Waals surface area contributed by atoms with E-state index in [-0.39, 0.29) is 5.75 Å². The maximum Gasteiger partial charge on any atom is 0.387 e. The third-order valence-corrected chi connectivity index (χ3v) is 2.07. The first-order valence-corrected chi connectivity index (χ1v) is 4.53. The van der Waals surface area contributed by atoms with E-state index in [0.29, 0.717) is 10.1 Å². The highest BCUT2D eigenvalue weighted by Crippen LogP contribution is 2.24. The van der Waals surface area contributed by atoms with E-state index < -0.39 is 6.61 Å². The van der Waals surface area contributed by atoms with Crippen molar-refractivity contribution in [1.29, 1.82) is 0 Å². The molecular weight excluding hydrogens is 258 g/mol. The van der Waals surface area contributed by atoms with Crippen LogP contribution in [0.4, 0.5) is 8.78 Å². The normalized spacial score (nSPS) is 11.1. The van der Waals surface area contributed by atoms with Crippen LogP contribution in [0.15, 0.2) is 29.1 Å². The van der Waals surface area contributed by atoms with Gasteiger partial charge in [0.05, 0.1) is 0 Å². The summed E-state index contributed by atoms with van der Waals surface area (Å²) < 4.78 is 30.6. The predicted molar refractivity (Wildman–Crippen MR) is 49.5 cm³/mol. The van der Waals surface area contributed by atoms with Gasteiger partial charge >= 0.3 is 6.61 Å². The molecule has 14 heavy (non-hydrogen) atoms. The summed E-state index contributed by atoms with van der Waals surface area (Å²) in [7, 11) is 0. The van der Waals surface area contributed by atoms with Crippen molar-refractivity contribution in [2.75, 3.05) is 0 Å². The van der Waals surface area contributed by atoms with E-state index in [4.69, 9.17) is 0 Å². The van der Waals surface area contributed by atoms with Gasteiger partial charge < -0.3 is 9.14 Å². The second kappa shape index (κ2) is 3.53. The summed E-state index contributed by atoms with van der Waals surface area (Å²) in [5, 5.41) is 0. The number of pyridine rings is 1. The van der Waals surface area contributed by atoms with Crippen LogP contribution in [0.2, 0.25) is 0 Å². The van der Waals surface area contributed by atoms with Crippen molar-refractivity contribution in [1.82, 2.24) is 9.38 Å². The van der Waals surface area contributed by atoms with E-state index in [2.05, 4.69) is 25.7 Å². The van der Waals surface area contributed by atoms with E-state index in [1.54, 1.807) is 16.8 Å². The number of fused-ring (bicyclic) bond motifs is 1. The van der Waals surface area contributed by atoms with Gasteiger partial charge in [0.15, 0.2) is 11.4 Å². The Morgan fingerprint density at radius 3 is 3.00 bits per heavy atom. The lowest BCUT2D eigenvalue weighted by molar-refractivity contribution is -0.0491. The minimum atomic E-state index is -2.84. The van der Waals surface area contributed by atoms with E-state index in [1.165, 1.54) is 12.3 Å². The Labute approximate surface area is 86.4 Å². The summed E-state index contributed by atoms with van der Waals surface area (Å²) in [5.74, 6) is 0.0550. The Kier molecular flexibility index (Phi) is 2.37. The maximum atomic E-state index is 12.0. The van der Waals surface area contributed by atoms with Gasteiger partial charge in [0.2, 0.25) is 0 Å². The molecule has 0 N–H and O–H groups in total. The van der Waals surface area contributed by atoms with Crippen LogP contribution in [0.1, 0.15) is 0 Å². The Morgan fingerprint density at radius 1 is 1.50 bits per heavy atom. The lowest BCUT2D eigenvalue weighted by Gasteiger charge is -2.06. The molecule has 0 fully saturated rings. The highest BCUT2D eigenvalue weighted by atomic mass is 79.9. The fourth-order valence-corrected chi connectivity index (χ4v) is 1.58. The molecule has 0 saturated heterocycles. The van der Waals surface area contributed by atoms with Gasteiger partial charge in [-0.2, -0.15) is 8.78 Å². The summed E-state index contributed by atoms with van der Waals surface area (Å²) in [6.45, 7) is -2.84. The van der Waals surface area contributed by atoms with Crippen molar-refractivity contribution >= 4 is 21.6 Å². The monoisotopic (exact) mass is 262 g/mol.